The Morgan fingerprint density at radius 2 is 1.97 bits per heavy atom. The fourth-order valence-corrected chi connectivity index (χ4v) is 3.85. The number of aromatic nitrogens is 4. The molecular formula is C20H20N6O4S. The van der Waals surface area contributed by atoms with Gasteiger partial charge in [-0.2, -0.15) is 8.42 Å². The lowest BCUT2D eigenvalue weighted by Crippen LogP contribution is -2.27. The van der Waals surface area contributed by atoms with Gasteiger partial charge in [-0.1, -0.05) is 0 Å². The van der Waals surface area contributed by atoms with E-state index in [0.29, 0.717) is 11.0 Å². The quantitative estimate of drug-likeness (QED) is 0.422. The van der Waals surface area contributed by atoms with E-state index >= 15 is 0 Å². The Morgan fingerprint density at radius 3 is 2.65 bits per heavy atom. The van der Waals surface area contributed by atoms with E-state index in [1.165, 1.54) is 24.3 Å². The SMILES string of the molecule is CN(C)CC(=O)Nc1nc2cc(OS(=O)(=O)c3ccc(-n4ccnc4)cc3)ccc2[nH]1. The van der Waals surface area contributed by atoms with Crippen LogP contribution >= 0.6 is 0 Å². The number of likely N-dealkylation sites (N-methyl/N-ethyl adjacent to an activating group) is 1. The lowest BCUT2D eigenvalue weighted by Gasteiger charge is -2.08. The first kappa shape index (κ1) is 20.6. The third-order valence-corrected chi connectivity index (χ3v) is 5.57. The number of aromatic amines is 1. The second-order valence-electron chi connectivity index (χ2n) is 7.05. The standard InChI is InChI=1S/C20H20N6O4S/c1-25(2)12-19(27)24-20-22-17-8-5-15(11-18(17)23-20)30-31(28,29)16-6-3-14(4-7-16)26-10-9-21-13-26/h3-11,13H,12H2,1-2H3,(H2,22,23,24,27). The average Bonchev–Trinajstić information content (AvgIpc) is 3.36. The summed E-state index contributed by atoms with van der Waals surface area (Å²) in [5.74, 6) is 0.169. The average molecular weight is 440 g/mol. The molecule has 0 saturated carbocycles. The molecule has 0 radical (unpaired) electrons. The Bertz CT molecular complexity index is 1310. The van der Waals surface area contributed by atoms with Crippen LogP contribution in [0.4, 0.5) is 5.95 Å². The molecule has 0 aliphatic carbocycles. The second-order valence-corrected chi connectivity index (χ2v) is 8.60. The zero-order chi connectivity index (χ0) is 22.0. The minimum absolute atomic E-state index is 0.0233. The fraction of sp³-hybridized carbons (Fsp3) is 0.150. The van der Waals surface area contributed by atoms with E-state index in [0.717, 1.165) is 5.69 Å². The smallest absolute Gasteiger partial charge is 0.339 e. The first-order valence-corrected chi connectivity index (χ1v) is 10.7. The molecule has 10 nitrogen and oxygen atoms in total. The fourth-order valence-electron chi connectivity index (χ4n) is 2.93. The topological polar surface area (TPSA) is 122 Å². The van der Waals surface area contributed by atoms with Crippen molar-refractivity contribution >= 4 is 33.0 Å². The molecule has 1 amide bonds. The van der Waals surface area contributed by atoms with Gasteiger partial charge in [0.2, 0.25) is 11.9 Å². The van der Waals surface area contributed by atoms with Crippen LogP contribution in [-0.2, 0) is 14.9 Å². The molecule has 0 bridgehead atoms. The Kier molecular flexibility index (Phi) is 5.44. The maximum absolute atomic E-state index is 12.7. The molecule has 2 N–H and O–H groups in total. The van der Waals surface area contributed by atoms with Gasteiger partial charge in [-0.25, -0.2) is 9.97 Å². The van der Waals surface area contributed by atoms with Crippen LogP contribution in [0.2, 0.25) is 0 Å². The van der Waals surface area contributed by atoms with E-state index in [4.69, 9.17) is 4.18 Å². The second kappa shape index (κ2) is 8.20. The molecule has 0 atom stereocenters. The minimum atomic E-state index is -4.03. The molecule has 2 aromatic heterocycles. The number of anilines is 1. The van der Waals surface area contributed by atoms with Gasteiger partial charge in [-0.15, -0.1) is 0 Å². The Morgan fingerprint density at radius 1 is 1.19 bits per heavy atom. The van der Waals surface area contributed by atoms with Crippen molar-refractivity contribution in [2.75, 3.05) is 26.0 Å². The lowest BCUT2D eigenvalue weighted by molar-refractivity contribution is -0.116. The molecule has 4 aromatic rings. The molecule has 31 heavy (non-hydrogen) atoms. The van der Waals surface area contributed by atoms with Gasteiger partial charge in [0.15, 0.2) is 0 Å². The predicted octanol–water partition coefficient (Wildman–Crippen LogP) is 2.02. The third-order valence-electron chi connectivity index (χ3n) is 4.31. The summed E-state index contributed by atoms with van der Waals surface area (Å²) in [5, 5.41) is 2.66. The zero-order valence-corrected chi connectivity index (χ0v) is 17.6. The highest BCUT2D eigenvalue weighted by Gasteiger charge is 2.18. The largest absolute Gasteiger partial charge is 0.379 e. The van der Waals surface area contributed by atoms with E-state index in [-0.39, 0.29) is 29.0 Å². The van der Waals surface area contributed by atoms with Crippen molar-refractivity contribution in [2.24, 2.45) is 0 Å². The van der Waals surface area contributed by atoms with Crippen molar-refractivity contribution in [3.05, 3.63) is 61.2 Å². The molecule has 0 spiro atoms. The first-order chi connectivity index (χ1) is 14.8. The summed E-state index contributed by atoms with van der Waals surface area (Å²) in [7, 11) is -0.461. The van der Waals surface area contributed by atoms with Crippen LogP contribution < -0.4 is 9.50 Å². The number of hydrogen-bond acceptors (Lipinski definition) is 7. The number of nitrogens with zero attached hydrogens (tertiary/aromatic N) is 4. The molecule has 2 heterocycles. The highest BCUT2D eigenvalue weighted by molar-refractivity contribution is 7.87. The molecule has 4 rings (SSSR count). The van der Waals surface area contributed by atoms with Crippen LogP contribution in [0, 0.1) is 0 Å². The maximum Gasteiger partial charge on any atom is 0.339 e. The Balaban J connectivity index is 1.51. The van der Waals surface area contributed by atoms with Crippen molar-refractivity contribution in [1.82, 2.24) is 24.4 Å². The first-order valence-electron chi connectivity index (χ1n) is 9.27. The van der Waals surface area contributed by atoms with E-state index in [1.807, 2.05) is 0 Å². The van der Waals surface area contributed by atoms with Gasteiger partial charge in [0.1, 0.15) is 10.6 Å². The Hall–Kier alpha value is -3.70. The number of amides is 1. The highest BCUT2D eigenvalue weighted by Crippen LogP contribution is 2.24. The van der Waals surface area contributed by atoms with Crippen LogP contribution in [0.15, 0.2) is 66.1 Å². The number of rotatable bonds is 7. The zero-order valence-electron chi connectivity index (χ0n) is 16.8. The van der Waals surface area contributed by atoms with Gasteiger partial charge in [0.25, 0.3) is 0 Å². The van der Waals surface area contributed by atoms with Crippen molar-refractivity contribution in [1.29, 1.82) is 0 Å². The van der Waals surface area contributed by atoms with E-state index in [9.17, 15) is 13.2 Å². The van der Waals surface area contributed by atoms with Gasteiger partial charge in [0, 0.05) is 24.1 Å². The molecule has 2 aromatic carbocycles. The monoisotopic (exact) mass is 440 g/mol. The molecule has 0 unspecified atom stereocenters. The minimum Gasteiger partial charge on any atom is -0.379 e. The lowest BCUT2D eigenvalue weighted by atomic mass is 10.3. The van der Waals surface area contributed by atoms with Gasteiger partial charge in [-0.05, 0) is 50.5 Å². The van der Waals surface area contributed by atoms with E-state index in [2.05, 4.69) is 20.3 Å². The predicted molar refractivity (Wildman–Crippen MR) is 115 cm³/mol. The summed E-state index contributed by atoms with van der Waals surface area (Å²) in [5.41, 5.74) is 1.87. The van der Waals surface area contributed by atoms with Crippen molar-refractivity contribution in [2.45, 2.75) is 4.90 Å². The summed E-state index contributed by atoms with van der Waals surface area (Å²) in [6.45, 7) is 0.212. The Labute approximate surface area is 178 Å². The third kappa shape index (κ3) is 4.73. The maximum atomic E-state index is 12.7. The molecular weight excluding hydrogens is 420 g/mol. The van der Waals surface area contributed by atoms with Crippen LogP contribution in [0.25, 0.3) is 16.7 Å². The van der Waals surface area contributed by atoms with E-state index < -0.39 is 10.1 Å². The number of nitrogens with one attached hydrogen (secondary N) is 2. The van der Waals surface area contributed by atoms with Crippen LogP contribution in [-0.4, -0.2) is 59.4 Å². The van der Waals surface area contributed by atoms with Gasteiger partial charge in [0.05, 0.1) is 23.9 Å². The van der Waals surface area contributed by atoms with Crippen molar-refractivity contribution in [3.8, 4) is 11.4 Å². The van der Waals surface area contributed by atoms with Gasteiger partial charge >= 0.3 is 10.1 Å². The molecule has 0 aliphatic heterocycles. The number of imidazole rings is 2. The van der Waals surface area contributed by atoms with Crippen LogP contribution in [0.1, 0.15) is 0 Å². The highest BCUT2D eigenvalue weighted by atomic mass is 32.2. The molecule has 0 aliphatic rings. The molecule has 0 fully saturated rings. The number of carbonyl (C=O) groups is 1. The van der Waals surface area contributed by atoms with Crippen LogP contribution in [0.5, 0.6) is 5.75 Å². The van der Waals surface area contributed by atoms with E-state index in [1.54, 1.807) is 60.5 Å². The van der Waals surface area contributed by atoms with Crippen molar-refractivity contribution < 1.29 is 17.4 Å². The number of carbonyl (C=O) groups excluding carboxylic acids is 1. The summed E-state index contributed by atoms with van der Waals surface area (Å²) in [6, 6.07) is 10.9. The number of fused-ring (bicyclic) bond motifs is 1. The molecule has 160 valence electrons. The summed E-state index contributed by atoms with van der Waals surface area (Å²) >= 11 is 0. The summed E-state index contributed by atoms with van der Waals surface area (Å²) < 4.78 is 32.4. The number of hydrogen-bond donors (Lipinski definition) is 2. The van der Waals surface area contributed by atoms with Gasteiger partial charge < -0.3 is 18.6 Å². The van der Waals surface area contributed by atoms with Crippen molar-refractivity contribution in [3.63, 3.8) is 0 Å². The normalized spacial score (nSPS) is 11.7. The van der Waals surface area contributed by atoms with Gasteiger partial charge in [-0.3, -0.25) is 10.1 Å². The molecule has 0 saturated heterocycles. The number of H-pyrrole nitrogens is 1. The summed E-state index contributed by atoms with van der Waals surface area (Å²) in [6.07, 6.45) is 5.02. The summed E-state index contributed by atoms with van der Waals surface area (Å²) in [4.78, 5) is 24.9. The number of benzene rings is 2. The van der Waals surface area contributed by atoms with Crippen LogP contribution in [0.3, 0.4) is 0 Å². The molecule has 11 heteroatoms.